The lowest BCUT2D eigenvalue weighted by Crippen LogP contribution is -2.61. The van der Waals surface area contributed by atoms with E-state index < -0.39 is 67.0 Å². The van der Waals surface area contributed by atoms with Crippen molar-refractivity contribution in [2.24, 2.45) is 24.6 Å². The smallest absolute Gasteiger partial charge is 0.370 e. The van der Waals surface area contributed by atoms with Gasteiger partial charge >= 0.3 is 13.3 Å². The number of piperidine rings is 1. The number of hydrogen-bond acceptors (Lipinski definition) is 11. The van der Waals surface area contributed by atoms with Gasteiger partial charge in [-0.1, -0.05) is 24.8 Å². The number of hydrogen-bond donors (Lipinski definition) is 7. The van der Waals surface area contributed by atoms with Gasteiger partial charge in [-0.15, -0.1) is 11.3 Å². The first kappa shape index (κ1) is 53.2. The zero-order valence-electron chi connectivity index (χ0n) is 42.4. The highest BCUT2D eigenvalue weighted by atomic mass is 32.1. The van der Waals surface area contributed by atoms with Crippen LogP contribution in [0, 0.1) is 11.8 Å². The largest absolute Gasteiger partial charge is 0.396 e. The van der Waals surface area contributed by atoms with Crippen LogP contribution < -0.4 is 27.4 Å². The molecule has 10 rings (SSSR count). The van der Waals surface area contributed by atoms with E-state index in [-0.39, 0.29) is 60.6 Å². The predicted molar refractivity (Wildman–Crippen MR) is 286 cm³/mol. The number of thiazole rings is 1. The molecular weight excluding hydrogens is 1030 g/mol. The summed E-state index contributed by atoms with van der Waals surface area (Å²) < 4.78 is 15.8. The quantitative estimate of drug-likeness (QED) is 0.0671. The molecule has 21 nitrogen and oxygen atoms in total. The van der Waals surface area contributed by atoms with Gasteiger partial charge in [0.15, 0.2) is 0 Å². The summed E-state index contributed by atoms with van der Waals surface area (Å²) in [7, 11) is -3.38. The first-order chi connectivity index (χ1) is 36.8. The minimum Gasteiger partial charge on any atom is -0.370 e. The molecule has 6 aromatic rings. The van der Waals surface area contributed by atoms with Crippen LogP contribution in [0.15, 0.2) is 83.8 Å². The van der Waals surface area contributed by atoms with E-state index in [1.54, 1.807) is 21.1 Å². The van der Waals surface area contributed by atoms with Crippen LogP contribution >= 0.6 is 18.9 Å². The van der Waals surface area contributed by atoms with E-state index in [9.17, 15) is 47.9 Å². The fourth-order valence-corrected chi connectivity index (χ4v) is 13.3. The number of nitrogens with two attached hydrogens (primary N) is 1. The number of nitrogens with one attached hydrogen (secondary N) is 4. The van der Waals surface area contributed by atoms with Gasteiger partial charge in [0.05, 0.1) is 27.3 Å². The molecule has 0 radical (unpaired) electrons. The molecule has 3 aliphatic heterocycles. The molecule has 77 heavy (non-hydrogen) atoms. The van der Waals surface area contributed by atoms with Crippen molar-refractivity contribution < 1.29 is 47.9 Å². The summed E-state index contributed by atoms with van der Waals surface area (Å²) in [5, 5.41) is 9.59. The van der Waals surface area contributed by atoms with Gasteiger partial charge < -0.3 is 46.3 Å². The van der Waals surface area contributed by atoms with Crippen molar-refractivity contribution in [3.05, 3.63) is 111 Å². The summed E-state index contributed by atoms with van der Waals surface area (Å²) in [5.74, 6) is -2.63. The molecule has 6 heterocycles. The molecule has 1 unspecified atom stereocenters. The van der Waals surface area contributed by atoms with E-state index in [4.69, 9.17) is 10.7 Å². The number of para-hydroxylation sites is 1. The van der Waals surface area contributed by atoms with Gasteiger partial charge in [0.25, 0.3) is 11.4 Å². The number of aryl methyl sites for hydroxylation is 2. The highest BCUT2D eigenvalue weighted by molar-refractivity contribution is 7.70. The van der Waals surface area contributed by atoms with Crippen molar-refractivity contribution in [2.45, 2.75) is 114 Å². The lowest BCUT2D eigenvalue weighted by atomic mass is 9.79. The number of nitrogens with zero attached hydrogens (tertiary/aromatic N) is 5. The maximum atomic E-state index is 15.1. The number of fused-ring (bicyclic) bond motifs is 4. The molecule has 3 saturated heterocycles. The molecule has 1 saturated carbocycles. The number of amides is 6. The third-order valence-electron chi connectivity index (χ3n) is 15.9. The van der Waals surface area contributed by atoms with Crippen molar-refractivity contribution in [1.29, 1.82) is 0 Å². The fourth-order valence-electron chi connectivity index (χ4n) is 11.8. The molecule has 6 amide bonds. The Bertz CT molecular complexity index is 3460. The second-order valence-electron chi connectivity index (χ2n) is 20.9. The van der Waals surface area contributed by atoms with Crippen molar-refractivity contribution in [2.75, 3.05) is 13.1 Å². The Labute approximate surface area is 445 Å². The molecule has 3 aromatic carbocycles. The topological polar surface area (TPSA) is 301 Å². The van der Waals surface area contributed by atoms with Gasteiger partial charge in [-0.3, -0.25) is 47.3 Å². The van der Waals surface area contributed by atoms with E-state index >= 15 is 4.79 Å². The third-order valence-corrected chi connectivity index (χ3v) is 17.9. The Hall–Kier alpha value is -7.26. The van der Waals surface area contributed by atoms with Crippen molar-refractivity contribution in [3.8, 4) is 0 Å². The number of H-pyrrole nitrogens is 1. The average Bonchev–Trinajstić information content (AvgIpc) is 4.23. The number of carbonyl (C=O) groups excluding carboxylic acids is 7. The van der Waals surface area contributed by atoms with Crippen molar-refractivity contribution >= 4 is 92.1 Å². The van der Waals surface area contributed by atoms with Crippen LogP contribution in [0.1, 0.15) is 121 Å². The Balaban J connectivity index is 0.843. The zero-order valence-corrected chi connectivity index (χ0v) is 44.2. The molecule has 1 aliphatic carbocycles. The SMILES string of the molecule is C=C1CCC(n2c(=O)n(C)c3cc(CC[C@H]4CC[C@@H](C(=O)N5CC[C@H]6CC[C@@H](C(=O)N[C@@H](CCC(N)=O)c7nc8ccccc8s7)N6C(=O)[C@@H](NC(=O)c6cc7cc(C(=O)P(=O)(O)O)ccc7[nH]6)C5)CC4)ccc32)C(=O)N1. The van der Waals surface area contributed by atoms with Crippen molar-refractivity contribution in [1.82, 2.24) is 44.9 Å². The average molecular weight is 1090 g/mol. The lowest BCUT2D eigenvalue weighted by molar-refractivity contribution is -0.146. The highest BCUT2D eigenvalue weighted by Gasteiger charge is 2.47. The zero-order chi connectivity index (χ0) is 54.4. The Kier molecular flexibility index (Phi) is 14.9. The fraction of sp³-hybridized carbons (Fsp3) is 0.426. The predicted octanol–water partition coefficient (Wildman–Crippen LogP) is 4.97. The van der Waals surface area contributed by atoms with Gasteiger partial charge in [-0.2, -0.15) is 0 Å². The second-order valence-corrected chi connectivity index (χ2v) is 23.5. The Morgan fingerprint density at radius 3 is 2.45 bits per heavy atom. The summed E-state index contributed by atoms with van der Waals surface area (Å²) in [5.41, 5.74) is 7.92. The van der Waals surface area contributed by atoms with Crippen LogP contribution in [-0.2, 0) is 42.0 Å². The van der Waals surface area contributed by atoms with Crippen LogP contribution in [0.25, 0.3) is 32.2 Å². The summed E-state index contributed by atoms with van der Waals surface area (Å²) in [4.78, 5) is 139. The molecule has 0 bridgehead atoms. The Morgan fingerprint density at radius 1 is 0.935 bits per heavy atom. The lowest BCUT2D eigenvalue weighted by Gasteiger charge is -2.40. The van der Waals surface area contributed by atoms with Crippen LogP contribution in [0.3, 0.4) is 0 Å². The third kappa shape index (κ3) is 11.0. The van der Waals surface area contributed by atoms with Gasteiger partial charge in [0.1, 0.15) is 28.8 Å². The van der Waals surface area contributed by atoms with Gasteiger partial charge in [-0.05, 0) is 137 Å². The number of aromatic amines is 1. The number of allylic oxidation sites excluding steroid dienone is 1. The summed E-state index contributed by atoms with van der Waals surface area (Å²) in [6.07, 6.45) is 6.86. The van der Waals surface area contributed by atoms with E-state index in [0.29, 0.717) is 78.0 Å². The summed E-state index contributed by atoms with van der Waals surface area (Å²) in [6.45, 7) is 3.94. The molecule has 404 valence electrons. The molecule has 8 N–H and O–H groups in total. The number of imidazole rings is 1. The highest BCUT2D eigenvalue weighted by Crippen LogP contribution is 2.40. The van der Waals surface area contributed by atoms with Gasteiger partial charge in [0, 0.05) is 60.7 Å². The second kappa shape index (κ2) is 21.6. The summed E-state index contributed by atoms with van der Waals surface area (Å²) in [6, 6.07) is 14.7. The summed E-state index contributed by atoms with van der Waals surface area (Å²) >= 11 is 1.38. The van der Waals surface area contributed by atoms with Gasteiger partial charge in [0.2, 0.25) is 29.5 Å². The molecular formula is C54H61N10O11PS. The minimum atomic E-state index is -5.10. The molecule has 3 aromatic heterocycles. The van der Waals surface area contributed by atoms with Crippen LogP contribution in [0.2, 0.25) is 0 Å². The first-order valence-corrected chi connectivity index (χ1v) is 28.5. The van der Waals surface area contributed by atoms with Crippen LogP contribution in [0.5, 0.6) is 0 Å². The van der Waals surface area contributed by atoms with E-state index in [1.165, 1.54) is 40.5 Å². The number of primary amides is 1. The van der Waals surface area contributed by atoms with E-state index in [1.807, 2.05) is 42.5 Å². The van der Waals surface area contributed by atoms with E-state index in [2.05, 4.69) is 27.5 Å². The normalized spacial score (nSPS) is 22.6. The monoisotopic (exact) mass is 1090 g/mol. The standard InChI is InChI=1S/C54H61N10O11PS/c1-29-7-19-43(48(67)56-29)64-41-20-12-31(25-44(41)61(2)54(64)72)9-8-30-10-13-32(14-11-30)51(69)62-24-23-35-16-21-42(49(68)58-38(18-22-46(55)65)50-60-37-5-3-4-6-45(37)77-50)63(35)52(70)40(28-62)59-47(66)39-27-34-26-33(15-17-36(34)57-39)53(71)76(73,74)75/h3-6,12,15,17,20,25-27,30,32,35,38,40,42-43,57H,1,7-11,13-14,16,18-19,21-24,28H2,2H3,(H2,55,65)(H,56,67)(H,58,68)(H,59,66)(H2,73,74,75)/t30-,32+,35-,38+,40+,42+,43?/m1/s1. The molecule has 4 aliphatic rings. The van der Waals surface area contributed by atoms with Crippen molar-refractivity contribution in [3.63, 3.8) is 0 Å². The molecule has 23 heteroatoms. The molecule has 5 atom stereocenters. The minimum absolute atomic E-state index is 0.0185. The number of benzene rings is 3. The van der Waals surface area contributed by atoms with Crippen LogP contribution in [0.4, 0.5) is 0 Å². The van der Waals surface area contributed by atoms with Crippen LogP contribution in [-0.4, -0.2) is 111 Å². The number of rotatable bonds is 15. The Morgan fingerprint density at radius 2 is 1.71 bits per heavy atom. The van der Waals surface area contributed by atoms with E-state index in [0.717, 1.165) is 47.0 Å². The first-order valence-electron chi connectivity index (χ1n) is 26.1. The maximum Gasteiger partial charge on any atom is 0.396 e. The van der Waals surface area contributed by atoms with Gasteiger partial charge in [-0.25, -0.2) is 9.78 Å². The number of carbonyl (C=O) groups is 7. The maximum absolute atomic E-state index is 15.1. The molecule has 0 spiro atoms. The molecule has 4 fully saturated rings. The number of aromatic nitrogens is 4.